The molecule has 0 radical (unpaired) electrons. The molecule has 0 unspecified atom stereocenters. The number of nitro groups is 1. The van der Waals surface area contributed by atoms with Crippen molar-refractivity contribution in [3.8, 4) is 5.75 Å². The van der Waals surface area contributed by atoms with Crippen LogP contribution in [0.3, 0.4) is 0 Å². The molecule has 0 N–H and O–H groups in total. The van der Waals surface area contributed by atoms with Crippen LogP contribution in [-0.4, -0.2) is 17.0 Å². The fourth-order valence-corrected chi connectivity index (χ4v) is 1.19. The first kappa shape index (κ1) is 11.3. The minimum atomic E-state index is -2.84. The fraction of sp³-hybridized carbons (Fsp3) is 0.375. The van der Waals surface area contributed by atoms with Gasteiger partial charge in [-0.2, -0.15) is 0 Å². The van der Waals surface area contributed by atoms with Crippen molar-refractivity contribution < 1.29 is 18.4 Å². The molecule has 5 nitrogen and oxygen atoms in total. The number of halogens is 2. The maximum atomic E-state index is 12.4. The molecule has 0 atom stereocenters. The summed E-state index contributed by atoms with van der Waals surface area (Å²) in [5.74, 6) is -0.123. The molecular weight excluding hydrogens is 210 g/mol. The normalized spacial score (nSPS) is 10.5. The zero-order valence-corrected chi connectivity index (χ0v) is 8.03. The highest BCUT2D eigenvalue weighted by atomic mass is 19.3. The molecular formula is C8H8F2N2O3. The molecule has 0 aliphatic rings. The maximum Gasteiger partial charge on any atom is 0.317 e. The van der Waals surface area contributed by atoms with Crippen molar-refractivity contribution in [3.63, 3.8) is 0 Å². The van der Waals surface area contributed by atoms with E-state index in [0.717, 1.165) is 6.20 Å². The lowest BCUT2D eigenvalue weighted by Gasteiger charge is -2.07. The van der Waals surface area contributed by atoms with Crippen LogP contribution in [0.4, 0.5) is 14.5 Å². The van der Waals surface area contributed by atoms with E-state index in [0.29, 0.717) is 0 Å². The molecule has 82 valence electrons. The Morgan fingerprint density at radius 2 is 2.20 bits per heavy atom. The minimum Gasteiger partial charge on any atom is -0.489 e. The second-order valence-corrected chi connectivity index (χ2v) is 2.74. The molecule has 0 aliphatic carbocycles. The largest absolute Gasteiger partial charge is 0.489 e. The molecule has 1 aromatic heterocycles. The second-order valence-electron chi connectivity index (χ2n) is 2.74. The van der Waals surface area contributed by atoms with E-state index < -0.39 is 22.7 Å². The van der Waals surface area contributed by atoms with Gasteiger partial charge in [-0.05, 0) is 6.92 Å². The van der Waals surface area contributed by atoms with E-state index in [1.807, 2.05) is 0 Å². The summed E-state index contributed by atoms with van der Waals surface area (Å²) < 4.78 is 29.4. The molecule has 1 heterocycles. The molecule has 7 heteroatoms. The van der Waals surface area contributed by atoms with E-state index in [-0.39, 0.29) is 11.3 Å². The maximum absolute atomic E-state index is 12.4. The Bertz CT molecular complexity index is 396. The van der Waals surface area contributed by atoms with Crippen LogP contribution < -0.4 is 4.74 Å². The lowest BCUT2D eigenvalue weighted by molar-refractivity contribution is -0.386. The highest BCUT2D eigenvalue weighted by molar-refractivity contribution is 5.52. The summed E-state index contributed by atoms with van der Waals surface area (Å²) in [5, 5.41) is 10.6. The first-order valence-corrected chi connectivity index (χ1v) is 3.95. The quantitative estimate of drug-likeness (QED) is 0.576. The smallest absolute Gasteiger partial charge is 0.317 e. The van der Waals surface area contributed by atoms with Crippen LogP contribution in [0.2, 0.25) is 0 Å². The molecule has 0 aromatic carbocycles. The Labute approximate surface area is 83.8 Å². The summed E-state index contributed by atoms with van der Waals surface area (Å²) in [6.07, 6.45) is -1.92. The number of ether oxygens (including phenoxy) is 1. The number of aromatic nitrogens is 1. The van der Waals surface area contributed by atoms with E-state index >= 15 is 0 Å². The second kappa shape index (κ2) is 4.16. The van der Waals surface area contributed by atoms with Crippen molar-refractivity contribution in [1.82, 2.24) is 4.98 Å². The van der Waals surface area contributed by atoms with E-state index in [4.69, 9.17) is 0 Å². The van der Waals surface area contributed by atoms with Crippen LogP contribution in [-0.2, 0) is 0 Å². The number of methoxy groups -OCH3 is 1. The predicted octanol–water partition coefficient (Wildman–Crippen LogP) is 2.24. The van der Waals surface area contributed by atoms with E-state index in [1.54, 1.807) is 0 Å². The zero-order valence-electron chi connectivity index (χ0n) is 8.03. The van der Waals surface area contributed by atoms with E-state index in [9.17, 15) is 18.9 Å². The molecule has 0 aliphatic heterocycles. The Kier molecular flexibility index (Phi) is 3.13. The van der Waals surface area contributed by atoms with E-state index in [1.165, 1.54) is 14.0 Å². The number of rotatable bonds is 3. The van der Waals surface area contributed by atoms with Gasteiger partial charge < -0.3 is 4.74 Å². The Morgan fingerprint density at radius 3 is 2.60 bits per heavy atom. The number of hydrogen-bond acceptors (Lipinski definition) is 4. The van der Waals surface area contributed by atoms with Gasteiger partial charge in [0, 0.05) is 0 Å². The van der Waals surface area contributed by atoms with Gasteiger partial charge in [0.05, 0.1) is 23.8 Å². The Hall–Kier alpha value is -1.79. The number of alkyl halides is 2. The van der Waals surface area contributed by atoms with Gasteiger partial charge in [-0.1, -0.05) is 0 Å². The van der Waals surface area contributed by atoms with Crippen LogP contribution in [0.5, 0.6) is 5.75 Å². The molecule has 1 rings (SSSR count). The highest BCUT2D eigenvalue weighted by Crippen LogP contribution is 2.34. The van der Waals surface area contributed by atoms with Crippen molar-refractivity contribution in [2.75, 3.05) is 7.11 Å². The summed E-state index contributed by atoms with van der Waals surface area (Å²) in [5.41, 5.74) is -1.24. The summed E-state index contributed by atoms with van der Waals surface area (Å²) in [6, 6.07) is 0. The lowest BCUT2D eigenvalue weighted by Crippen LogP contribution is -2.02. The van der Waals surface area contributed by atoms with Crippen LogP contribution in [0, 0.1) is 17.0 Å². The van der Waals surface area contributed by atoms with Crippen molar-refractivity contribution in [3.05, 3.63) is 27.6 Å². The van der Waals surface area contributed by atoms with Gasteiger partial charge in [-0.15, -0.1) is 0 Å². The minimum absolute atomic E-state index is 0.123. The third kappa shape index (κ3) is 2.00. The molecule has 0 fully saturated rings. The first-order valence-electron chi connectivity index (χ1n) is 3.95. The van der Waals surface area contributed by atoms with E-state index in [2.05, 4.69) is 9.72 Å². The number of hydrogen-bond donors (Lipinski definition) is 0. The predicted molar refractivity (Wildman–Crippen MR) is 47.1 cm³/mol. The highest BCUT2D eigenvalue weighted by Gasteiger charge is 2.25. The Balaban J connectivity index is 3.42. The fourth-order valence-electron chi connectivity index (χ4n) is 1.19. The van der Waals surface area contributed by atoms with Gasteiger partial charge in [-0.25, -0.2) is 8.78 Å². The van der Waals surface area contributed by atoms with Gasteiger partial charge in [0.15, 0.2) is 0 Å². The van der Waals surface area contributed by atoms with Crippen LogP contribution in [0.25, 0.3) is 0 Å². The third-order valence-electron chi connectivity index (χ3n) is 1.90. The first-order chi connectivity index (χ1) is 6.99. The molecule has 0 amide bonds. The zero-order chi connectivity index (χ0) is 11.6. The Morgan fingerprint density at radius 1 is 1.60 bits per heavy atom. The van der Waals surface area contributed by atoms with Gasteiger partial charge >= 0.3 is 5.69 Å². The van der Waals surface area contributed by atoms with Crippen molar-refractivity contribution in [1.29, 1.82) is 0 Å². The number of nitrogens with zero attached hydrogens (tertiary/aromatic N) is 2. The molecule has 0 saturated carbocycles. The average molecular weight is 218 g/mol. The van der Waals surface area contributed by atoms with Gasteiger partial charge in [0.25, 0.3) is 6.43 Å². The standard InChI is InChI=1S/C8H8F2N2O3/c1-4-6(8(9)10)11-3-5(15-2)7(4)12(13)14/h3,8H,1-2H3. The van der Waals surface area contributed by atoms with Crippen molar-refractivity contribution in [2.24, 2.45) is 0 Å². The van der Waals surface area contributed by atoms with Crippen molar-refractivity contribution in [2.45, 2.75) is 13.3 Å². The molecule has 0 bridgehead atoms. The summed E-state index contributed by atoms with van der Waals surface area (Å²) in [4.78, 5) is 13.3. The SMILES string of the molecule is COc1cnc(C(F)F)c(C)c1[N+](=O)[O-]. The van der Waals surface area contributed by atoms with Gasteiger partial charge in [0.1, 0.15) is 5.69 Å². The topological polar surface area (TPSA) is 65.3 Å². The van der Waals surface area contributed by atoms with Crippen LogP contribution in [0.15, 0.2) is 6.20 Å². The molecule has 15 heavy (non-hydrogen) atoms. The third-order valence-corrected chi connectivity index (χ3v) is 1.90. The molecule has 1 aromatic rings. The van der Waals surface area contributed by atoms with Crippen LogP contribution in [0.1, 0.15) is 17.7 Å². The van der Waals surface area contributed by atoms with Crippen LogP contribution >= 0.6 is 0 Å². The summed E-state index contributed by atoms with van der Waals surface area (Å²) >= 11 is 0. The monoisotopic (exact) mass is 218 g/mol. The molecule has 0 spiro atoms. The van der Waals surface area contributed by atoms with Gasteiger partial charge in [0.2, 0.25) is 5.75 Å². The van der Waals surface area contributed by atoms with Crippen molar-refractivity contribution >= 4 is 5.69 Å². The lowest BCUT2D eigenvalue weighted by atomic mass is 10.1. The van der Waals surface area contributed by atoms with Gasteiger partial charge in [-0.3, -0.25) is 15.1 Å². The average Bonchev–Trinajstić information content (AvgIpc) is 2.15. The molecule has 0 saturated heterocycles. The number of pyridine rings is 1. The summed E-state index contributed by atoms with van der Waals surface area (Å²) in [6.45, 7) is 1.22. The summed E-state index contributed by atoms with van der Waals surface area (Å²) in [7, 11) is 1.21.